The van der Waals surface area contributed by atoms with E-state index >= 15 is 0 Å². The lowest BCUT2D eigenvalue weighted by Gasteiger charge is -2.15. The normalized spacial score (nSPS) is 11.8. The number of nitrogens with two attached hydrogens (primary N) is 1. The zero-order valence-corrected chi connectivity index (χ0v) is 10.0. The Morgan fingerprint density at radius 1 is 0.762 bits per heavy atom. The highest BCUT2D eigenvalue weighted by molar-refractivity contribution is 5.71. The van der Waals surface area contributed by atoms with Crippen molar-refractivity contribution in [3.05, 3.63) is 53.1 Å². The molecule has 21 heavy (non-hydrogen) atoms. The molecule has 0 amide bonds. The van der Waals surface area contributed by atoms with Crippen LogP contribution in [0.3, 0.4) is 0 Å². The van der Waals surface area contributed by atoms with Gasteiger partial charge in [-0.05, 0) is 11.6 Å². The third kappa shape index (κ3) is 2.41. The van der Waals surface area contributed by atoms with Crippen molar-refractivity contribution in [3.63, 3.8) is 0 Å². The summed E-state index contributed by atoms with van der Waals surface area (Å²) < 4.78 is 92.6. The molecule has 8 heteroatoms. The summed E-state index contributed by atoms with van der Waals surface area (Å²) in [4.78, 5) is 0. The van der Waals surface area contributed by atoms with Crippen LogP contribution in [-0.2, 0) is 6.18 Å². The maximum absolute atomic E-state index is 13.7. The highest BCUT2D eigenvalue weighted by Gasteiger charge is 2.36. The molecule has 0 saturated carbocycles. The Kier molecular flexibility index (Phi) is 3.56. The second-order valence-corrected chi connectivity index (χ2v) is 4.09. The Bertz CT molecular complexity index is 677. The van der Waals surface area contributed by atoms with Gasteiger partial charge < -0.3 is 5.73 Å². The van der Waals surface area contributed by atoms with Crippen molar-refractivity contribution < 1.29 is 30.7 Å². The number of benzene rings is 2. The number of anilines is 1. The summed E-state index contributed by atoms with van der Waals surface area (Å²) in [5.41, 5.74) is -0.522. The summed E-state index contributed by atoms with van der Waals surface area (Å²) in [6, 6.07) is 3.28. The second-order valence-electron chi connectivity index (χ2n) is 4.09. The lowest BCUT2D eigenvalue weighted by Crippen LogP contribution is -2.11. The van der Waals surface area contributed by atoms with Crippen molar-refractivity contribution in [3.8, 4) is 11.1 Å². The fourth-order valence-corrected chi connectivity index (χ4v) is 1.83. The van der Waals surface area contributed by atoms with Gasteiger partial charge in [-0.3, -0.25) is 0 Å². The van der Waals surface area contributed by atoms with E-state index in [4.69, 9.17) is 5.73 Å². The van der Waals surface area contributed by atoms with Crippen LogP contribution in [0.1, 0.15) is 5.56 Å². The van der Waals surface area contributed by atoms with E-state index in [1.54, 1.807) is 0 Å². The Hall–Kier alpha value is -2.25. The van der Waals surface area contributed by atoms with E-state index in [2.05, 4.69) is 0 Å². The van der Waals surface area contributed by atoms with E-state index < -0.39 is 51.8 Å². The minimum atomic E-state index is -4.95. The summed E-state index contributed by atoms with van der Waals surface area (Å²) in [6.45, 7) is 0. The molecule has 0 heterocycles. The molecule has 2 N–H and O–H groups in total. The van der Waals surface area contributed by atoms with Crippen molar-refractivity contribution in [2.75, 3.05) is 5.73 Å². The van der Waals surface area contributed by atoms with Crippen LogP contribution >= 0.6 is 0 Å². The van der Waals surface area contributed by atoms with Gasteiger partial charge in [-0.25, -0.2) is 17.6 Å². The Labute approximate surface area is 113 Å². The molecular formula is C13H6F7N. The molecule has 0 aliphatic rings. The number of halogens is 7. The molecule has 0 unspecified atom stereocenters. The van der Waals surface area contributed by atoms with E-state index in [9.17, 15) is 30.7 Å². The van der Waals surface area contributed by atoms with Crippen LogP contribution in [0.25, 0.3) is 11.1 Å². The van der Waals surface area contributed by atoms with Crippen LogP contribution in [0.5, 0.6) is 0 Å². The average Bonchev–Trinajstić information content (AvgIpc) is 2.43. The van der Waals surface area contributed by atoms with Crippen LogP contribution in [0.15, 0.2) is 24.3 Å². The van der Waals surface area contributed by atoms with Crippen LogP contribution in [0, 0.1) is 23.3 Å². The number of hydrogen-bond donors (Lipinski definition) is 1. The molecule has 112 valence electrons. The molecule has 0 aromatic heterocycles. The number of alkyl halides is 3. The van der Waals surface area contributed by atoms with Gasteiger partial charge in [-0.15, -0.1) is 0 Å². The van der Waals surface area contributed by atoms with Crippen LogP contribution < -0.4 is 5.73 Å². The zero-order valence-electron chi connectivity index (χ0n) is 10.0. The fourth-order valence-electron chi connectivity index (χ4n) is 1.83. The SMILES string of the molecule is Nc1c(F)c(F)c(-c2ccccc2C(F)(F)F)c(F)c1F. The molecule has 2 rings (SSSR count). The highest BCUT2D eigenvalue weighted by atomic mass is 19.4. The van der Waals surface area contributed by atoms with Crippen LogP contribution in [0.4, 0.5) is 36.4 Å². The van der Waals surface area contributed by atoms with Crippen molar-refractivity contribution in [1.82, 2.24) is 0 Å². The lowest BCUT2D eigenvalue weighted by atomic mass is 9.97. The van der Waals surface area contributed by atoms with Gasteiger partial charge in [0.1, 0.15) is 5.69 Å². The standard InChI is InChI=1S/C13H6F7N/c14-8-7(9(15)11(17)12(21)10(8)16)5-3-1-2-4-6(5)13(18,19)20/h1-4H,21H2. The van der Waals surface area contributed by atoms with E-state index in [1.165, 1.54) is 0 Å². The summed E-state index contributed by atoms with van der Waals surface area (Å²) in [6.07, 6.45) is -4.95. The molecule has 2 aromatic carbocycles. The van der Waals surface area contributed by atoms with Gasteiger partial charge in [-0.1, -0.05) is 18.2 Å². The van der Waals surface area contributed by atoms with Crippen molar-refractivity contribution in [2.45, 2.75) is 6.18 Å². The van der Waals surface area contributed by atoms with E-state index in [-0.39, 0.29) is 0 Å². The predicted molar refractivity (Wildman–Crippen MR) is 61.1 cm³/mol. The van der Waals surface area contributed by atoms with Gasteiger partial charge in [0.25, 0.3) is 0 Å². The molecule has 0 fully saturated rings. The highest BCUT2D eigenvalue weighted by Crippen LogP contribution is 2.40. The first-order valence-electron chi connectivity index (χ1n) is 5.44. The van der Waals surface area contributed by atoms with Crippen molar-refractivity contribution in [1.29, 1.82) is 0 Å². The van der Waals surface area contributed by atoms with E-state index in [1.807, 2.05) is 0 Å². The Morgan fingerprint density at radius 3 is 1.71 bits per heavy atom. The maximum Gasteiger partial charge on any atom is 0.417 e. The van der Waals surface area contributed by atoms with Gasteiger partial charge in [0.15, 0.2) is 23.3 Å². The van der Waals surface area contributed by atoms with Crippen molar-refractivity contribution >= 4 is 5.69 Å². The monoisotopic (exact) mass is 309 g/mol. The molecule has 0 saturated heterocycles. The number of hydrogen-bond acceptors (Lipinski definition) is 1. The summed E-state index contributed by atoms with van der Waals surface area (Å²) in [7, 11) is 0. The Balaban J connectivity index is 2.87. The molecule has 0 aliphatic carbocycles. The largest absolute Gasteiger partial charge is 0.417 e. The van der Waals surface area contributed by atoms with Gasteiger partial charge >= 0.3 is 6.18 Å². The topological polar surface area (TPSA) is 26.0 Å². The summed E-state index contributed by atoms with van der Waals surface area (Å²) in [5, 5.41) is 0. The van der Waals surface area contributed by atoms with Gasteiger partial charge in [0.2, 0.25) is 0 Å². The van der Waals surface area contributed by atoms with Gasteiger partial charge in [-0.2, -0.15) is 13.2 Å². The predicted octanol–water partition coefficient (Wildman–Crippen LogP) is 4.51. The van der Waals surface area contributed by atoms with E-state index in [0.717, 1.165) is 12.1 Å². The lowest BCUT2D eigenvalue weighted by molar-refractivity contribution is -0.137. The summed E-state index contributed by atoms with van der Waals surface area (Å²) in [5.74, 6) is -7.85. The first-order valence-corrected chi connectivity index (χ1v) is 5.44. The molecule has 0 spiro atoms. The van der Waals surface area contributed by atoms with Gasteiger partial charge in [0.05, 0.1) is 11.1 Å². The summed E-state index contributed by atoms with van der Waals surface area (Å²) >= 11 is 0. The quantitative estimate of drug-likeness (QED) is 0.468. The molecule has 0 radical (unpaired) electrons. The van der Waals surface area contributed by atoms with Gasteiger partial charge in [0, 0.05) is 0 Å². The number of nitrogen functional groups attached to an aromatic ring is 1. The van der Waals surface area contributed by atoms with Crippen LogP contribution in [0.2, 0.25) is 0 Å². The Morgan fingerprint density at radius 2 is 1.24 bits per heavy atom. The van der Waals surface area contributed by atoms with Crippen LogP contribution in [-0.4, -0.2) is 0 Å². The average molecular weight is 309 g/mol. The van der Waals surface area contributed by atoms with E-state index in [0.29, 0.717) is 12.1 Å². The molecule has 1 nitrogen and oxygen atoms in total. The smallest absolute Gasteiger partial charge is 0.394 e. The molecular weight excluding hydrogens is 303 g/mol. The first kappa shape index (κ1) is 15.1. The second kappa shape index (κ2) is 4.94. The molecule has 0 atom stereocenters. The zero-order chi connectivity index (χ0) is 15.9. The molecule has 0 bridgehead atoms. The molecule has 2 aromatic rings. The fraction of sp³-hybridized carbons (Fsp3) is 0.0769. The molecule has 0 aliphatic heterocycles. The third-order valence-electron chi connectivity index (χ3n) is 2.80. The number of rotatable bonds is 1. The minimum Gasteiger partial charge on any atom is -0.394 e. The first-order chi connectivity index (χ1) is 9.66. The minimum absolute atomic E-state index is 0.542. The van der Waals surface area contributed by atoms with Crippen molar-refractivity contribution in [2.24, 2.45) is 0 Å². The third-order valence-corrected chi connectivity index (χ3v) is 2.80. The maximum atomic E-state index is 13.7.